The number of benzene rings is 5. The van der Waals surface area contributed by atoms with E-state index in [0.29, 0.717) is 54.6 Å². The molecule has 0 aliphatic heterocycles. The molecule has 66 heavy (non-hydrogen) atoms. The smallest absolute Gasteiger partial charge is 0.341 e. The first-order valence-corrected chi connectivity index (χ1v) is 18.1. The van der Waals surface area contributed by atoms with Gasteiger partial charge in [-0.1, -0.05) is 0 Å². The highest BCUT2D eigenvalue weighted by atomic mass is 16.8. The highest BCUT2D eigenvalue weighted by molar-refractivity contribution is 5.94. The zero-order valence-corrected chi connectivity index (χ0v) is 33.1. The average molecular weight is 927 g/mol. The molecule has 348 valence electrons. The van der Waals surface area contributed by atoms with Gasteiger partial charge in [0.15, 0.2) is 80.5 Å². The molecular weight excluding hydrogens is 892 g/mol. The van der Waals surface area contributed by atoms with Crippen LogP contribution >= 0.6 is 0 Å². The summed E-state index contributed by atoms with van der Waals surface area (Å²) < 4.78 is 32.4. The maximum atomic E-state index is 13.7. The minimum absolute atomic E-state index is 0.537. The topological polar surface area (TPSA) is 424 Å². The molecule has 0 aromatic heterocycles. The molecule has 0 saturated carbocycles. The Morgan fingerprint density at radius 1 is 0.379 bits per heavy atom. The fourth-order valence-electron chi connectivity index (χ4n) is 5.35. The number of carbonyl (C=O) groups is 5. The molecule has 5 aromatic carbocycles. The van der Waals surface area contributed by atoms with Gasteiger partial charge in [0, 0.05) is 0 Å². The Kier molecular flexibility index (Phi) is 14.0. The standard InChI is InChI=1S/C41H34O25/c1-14(62-37(58)17-7-24(46)32(53)25(47)8-17)30(13-61-35(56)16-5-22(44)31(52)23(45)6-16)63-40(64-36(57)15-2-3-20(42)21(43)4-15)41(65-38(59)18-9-26(48)33(54)27(49)10-18)66-39(60)19-11-28(50)34(55)29(51)12-19/h2-12,14,30,40-55H,13H2,1H3. The summed E-state index contributed by atoms with van der Waals surface area (Å²) in [5, 5.41) is 139. The number of carbonyl (C=O) groups excluding carboxylic acids is 5. The number of ether oxygens (including phenoxy) is 6. The van der Waals surface area contributed by atoms with Crippen molar-refractivity contribution in [3.8, 4) is 80.5 Å². The molecule has 0 aliphatic carbocycles. The molecule has 25 heteroatoms. The van der Waals surface area contributed by atoms with Gasteiger partial charge in [0.25, 0.3) is 6.29 Å². The maximum absolute atomic E-state index is 13.7. The van der Waals surface area contributed by atoms with Crippen molar-refractivity contribution in [1.82, 2.24) is 0 Å². The van der Waals surface area contributed by atoms with Crippen LogP contribution in [0.1, 0.15) is 58.7 Å². The molecule has 0 spiro atoms. The second-order valence-corrected chi connectivity index (χ2v) is 13.5. The molecule has 5 aromatic rings. The van der Waals surface area contributed by atoms with Crippen LogP contribution in [-0.2, 0) is 28.4 Å². The molecule has 0 fully saturated rings. The third kappa shape index (κ3) is 10.8. The number of esters is 5. The SMILES string of the molecule is CC(OC(=O)c1cc(O)c(O)c(O)c1)C(COC(=O)c1cc(O)c(O)c(O)c1)OC(OC(=O)c1ccc(O)c(O)c1)C(OC(=O)c1cc(O)c(O)c(O)c1)OC(=O)c1cc(O)c(O)c(O)c1. The quantitative estimate of drug-likeness (QED) is 0.0310. The van der Waals surface area contributed by atoms with Gasteiger partial charge in [-0.25, -0.2) is 24.0 Å². The van der Waals surface area contributed by atoms with Crippen molar-refractivity contribution < 1.29 is 124 Å². The van der Waals surface area contributed by atoms with Gasteiger partial charge in [0.1, 0.15) is 18.8 Å². The Hall–Kier alpha value is -9.39. The van der Waals surface area contributed by atoms with E-state index in [1.807, 2.05) is 0 Å². The summed E-state index contributed by atoms with van der Waals surface area (Å²) in [5.41, 5.74) is -3.50. The number of rotatable bonds is 15. The van der Waals surface area contributed by atoms with Crippen molar-refractivity contribution in [2.75, 3.05) is 6.61 Å². The van der Waals surface area contributed by atoms with Gasteiger partial charge in [0.2, 0.25) is 0 Å². The van der Waals surface area contributed by atoms with Crippen LogP contribution < -0.4 is 0 Å². The molecule has 0 amide bonds. The van der Waals surface area contributed by atoms with Gasteiger partial charge < -0.3 is 99.9 Å². The molecular formula is C41H34O25. The van der Waals surface area contributed by atoms with E-state index in [2.05, 4.69) is 0 Å². The van der Waals surface area contributed by atoms with E-state index in [-0.39, 0.29) is 0 Å². The van der Waals surface area contributed by atoms with Crippen LogP contribution in [0, 0.1) is 0 Å². The Morgan fingerprint density at radius 2 is 0.682 bits per heavy atom. The summed E-state index contributed by atoms with van der Waals surface area (Å²) >= 11 is 0. The van der Waals surface area contributed by atoms with Gasteiger partial charge in [-0.3, -0.25) is 0 Å². The molecule has 0 aliphatic rings. The first-order chi connectivity index (χ1) is 30.9. The highest BCUT2D eigenvalue weighted by Crippen LogP contribution is 2.39. The van der Waals surface area contributed by atoms with E-state index in [9.17, 15) is 95.5 Å². The van der Waals surface area contributed by atoms with Crippen molar-refractivity contribution in [2.24, 2.45) is 0 Å². The van der Waals surface area contributed by atoms with E-state index in [4.69, 9.17) is 28.4 Å². The molecule has 0 radical (unpaired) electrons. The van der Waals surface area contributed by atoms with E-state index in [1.54, 1.807) is 0 Å². The summed E-state index contributed by atoms with van der Waals surface area (Å²) in [6.45, 7) is -0.160. The first kappa shape index (κ1) is 47.7. The first-order valence-electron chi connectivity index (χ1n) is 18.1. The van der Waals surface area contributed by atoms with Crippen molar-refractivity contribution in [3.05, 3.63) is 94.5 Å². The van der Waals surface area contributed by atoms with Crippen LogP contribution in [0.3, 0.4) is 0 Å². The lowest BCUT2D eigenvalue weighted by Gasteiger charge is -2.31. The number of hydrogen-bond donors (Lipinski definition) is 14. The van der Waals surface area contributed by atoms with Crippen LogP contribution in [0.25, 0.3) is 0 Å². The van der Waals surface area contributed by atoms with Crippen molar-refractivity contribution in [3.63, 3.8) is 0 Å². The van der Waals surface area contributed by atoms with E-state index >= 15 is 0 Å². The third-order valence-corrected chi connectivity index (χ3v) is 8.83. The lowest BCUT2D eigenvalue weighted by molar-refractivity contribution is -0.259. The summed E-state index contributed by atoms with van der Waals surface area (Å²) in [7, 11) is 0. The summed E-state index contributed by atoms with van der Waals surface area (Å²) in [6, 6.07) is 7.07. The van der Waals surface area contributed by atoms with Gasteiger partial charge in [0.05, 0.1) is 27.8 Å². The van der Waals surface area contributed by atoms with Crippen LogP contribution in [-0.4, -0.2) is 133 Å². The third-order valence-electron chi connectivity index (χ3n) is 8.83. The van der Waals surface area contributed by atoms with Gasteiger partial charge in [-0.15, -0.1) is 0 Å². The molecule has 0 heterocycles. The van der Waals surface area contributed by atoms with Crippen molar-refractivity contribution >= 4 is 29.8 Å². The lowest BCUT2D eigenvalue weighted by atomic mass is 10.1. The number of hydrogen-bond acceptors (Lipinski definition) is 25. The van der Waals surface area contributed by atoms with Gasteiger partial charge in [-0.05, 0) is 73.7 Å². The predicted molar refractivity (Wildman–Crippen MR) is 209 cm³/mol. The van der Waals surface area contributed by atoms with Crippen molar-refractivity contribution in [1.29, 1.82) is 0 Å². The average Bonchev–Trinajstić information content (AvgIpc) is 3.26. The second-order valence-electron chi connectivity index (χ2n) is 13.5. The van der Waals surface area contributed by atoms with Crippen LogP contribution in [0.2, 0.25) is 0 Å². The normalized spacial score (nSPS) is 12.3. The second kappa shape index (κ2) is 19.3. The predicted octanol–water partition coefficient (Wildman–Crippen LogP) is 2.58. The fourth-order valence-corrected chi connectivity index (χ4v) is 5.35. The van der Waals surface area contributed by atoms with E-state index < -0.39 is 170 Å². The summed E-state index contributed by atoms with van der Waals surface area (Å²) in [5.74, 6) is -22.1. The molecule has 0 saturated heterocycles. The zero-order valence-electron chi connectivity index (χ0n) is 33.1. The van der Waals surface area contributed by atoms with E-state index in [0.717, 1.165) is 19.1 Å². The Labute approximate surface area is 366 Å². The summed E-state index contributed by atoms with van der Waals surface area (Å²) in [6.07, 6.45) is -9.47. The molecule has 0 bridgehead atoms. The minimum atomic E-state index is -2.81. The van der Waals surface area contributed by atoms with Gasteiger partial charge >= 0.3 is 36.1 Å². The molecule has 14 N–H and O–H groups in total. The largest absolute Gasteiger partial charge is 0.504 e. The number of phenols is 14. The highest BCUT2D eigenvalue weighted by Gasteiger charge is 2.40. The van der Waals surface area contributed by atoms with Crippen LogP contribution in [0.4, 0.5) is 0 Å². The fraction of sp³-hybridized carbons (Fsp3) is 0.146. The lowest BCUT2D eigenvalue weighted by Crippen LogP contribution is -2.46. The van der Waals surface area contributed by atoms with Crippen LogP contribution in [0.5, 0.6) is 80.5 Å². The van der Waals surface area contributed by atoms with E-state index in [1.165, 1.54) is 0 Å². The summed E-state index contributed by atoms with van der Waals surface area (Å²) in [4.78, 5) is 67.3. The van der Waals surface area contributed by atoms with Gasteiger partial charge in [-0.2, -0.15) is 0 Å². The zero-order chi connectivity index (χ0) is 48.9. The monoisotopic (exact) mass is 926 g/mol. The number of aromatic hydroxyl groups is 14. The Morgan fingerprint density at radius 3 is 1.05 bits per heavy atom. The molecule has 25 nitrogen and oxygen atoms in total. The van der Waals surface area contributed by atoms with Crippen LogP contribution in [0.15, 0.2) is 66.7 Å². The van der Waals surface area contributed by atoms with Crippen molar-refractivity contribution in [2.45, 2.75) is 31.7 Å². The molecule has 5 rings (SSSR count). The molecule has 3 unspecified atom stereocenters. The molecule has 3 atom stereocenters. The number of phenolic OH excluding ortho intramolecular Hbond substituents is 14. The Bertz CT molecular complexity index is 2560. The Balaban J connectivity index is 1.63. The minimum Gasteiger partial charge on any atom is -0.504 e. The maximum Gasteiger partial charge on any atom is 0.341 e.